The average Bonchev–Trinajstić information content (AvgIpc) is 2.53. The van der Waals surface area contributed by atoms with E-state index >= 15 is 0 Å². The fourth-order valence-electron chi connectivity index (χ4n) is 2.39. The Hall–Kier alpha value is -2.12. The summed E-state index contributed by atoms with van der Waals surface area (Å²) in [6.07, 6.45) is -0.829. The van der Waals surface area contributed by atoms with Gasteiger partial charge in [0.1, 0.15) is 6.61 Å². The first-order chi connectivity index (χ1) is 11.0. The topological polar surface area (TPSA) is 77.1 Å². The largest absolute Gasteiger partial charge is 0.493 e. The van der Waals surface area contributed by atoms with E-state index in [0.717, 1.165) is 6.54 Å². The molecule has 0 saturated heterocycles. The maximum absolute atomic E-state index is 12.4. The summed E-state index contributed by atoms with van der Waals surface area (Å²) < 4.78 is 15.9. The fraction of sp³-hybridized carbons (Fsp3) is 0.500. The van der Waals surface area contributed by atoms with Crippen LogP contribution in [0.15, 0.2) is 12.1 Å². The minimum Gasteiger partial charge on any atom is -0.493 e. The molecule has 0 saturated carbocycles. The number of ketones is 1. The van der Waals surface area contributed by atoms with Crippen LogP contribution in [0.3, 0.4) is 0 Å². The number of carbonyl (C=O) groups is 2. The second-order valence-electron chi connectivity index (χ2n) is 5.50. The molecule has 0 spiro atoms. The number of hydrogen-bond acceptors (Lipinski definition) is 6. The Bertz CT molecular complexity index is 600. The smallest absolute Gasteiger partial charge is 0.253 e. The molecule has 1 aromatic carbocycles. The van der Waals surface area contributed by atoms with Crippen LogP contribution in [-0.2, 0) is 9.53 Å². The maximum Gasteiger partial charge on any atom is 0.253 e. The molecule has 23 heavy (non-hydrogen) atoms. The molecule has 1 aliphatic heterocycles. The van der Waals surface area contributed by atoms with E-state index in [1.165, 1.54) is 14.2 Å². The summed E-state index contributed by atoms with van der Waals surface area (Å²) in [7, 11) is 6.85. The zero-order valence-corrected chi connectivity index (χ0v) is 13.8. The van der Waals surface area contributed by atoms with Gasteiger partial charge in [0.25, 0.3) is 5.91 Å². The number of amides is 1. The van der Waals surface area contributed by atoms with Gasteiger partial charge < -0.3 is 24.4 Å². The SMILES string of the molecule is COc1cc2c(cc1OC)C(C(=O)NCCN(C)C)OCC2=O. The molecule has 1 unspecified atom stereocenters. The van der Waals surface area contributed by atoms with Crippen molar-refractivity contribution in [3.8, 4) is 11.5 Å². The molecular formula is C16H22N2O5. The van der Waals surface area contributed by atoms with Crippen LogP contribution in [-0.4, -0.2) is 64.6 Å². The molecule has 7 nitrogen and oxygen atoms in total. The monoisotopic (exact) mass is 322 g/mol. The van der Waals surface area contributed by atoms with Crippen LogP contribution in [0.2, 0.25) is 0 Å². The Kier molecular flexibility index (Phi) is 5.57. The molecule has 1 atom stereocenters. The molecule has 1 aliphatic rings. The molecule has 2 rings (SSSR count). The maximum atomic E-state index is 12.4. The zero-order chi connectivity index (χ0) is 17.0. The van der Waals surface area contributed by atoms with E-state index in [-0.39, 0.29) is 18.3 Å². The number of nitrogens with one attached hydrogen (secondary N) is 1. The van der Waals surface area contributed by atoms with Crippen LogP contribution in [0, 0.1) is 0 Å². The number of fused-ring (bicyclic) bond motifs is 1. The van der Waals surface area contributed by atoms with Gasteiger partial charge in [-0.25, -0.2) is 0 Å². The first-order valence-corrected chi connectivity index (χ1v) is 7.31. The van der Waals surface area contributed by atoms with Gasteiger partial charge in [-0.1, -0.05) is 0 Å². The van der Waals surface area contributed by atoms with Crippen molar-refractivity contribution in [1.29, 1.82) is 0 Å². The van der Waals surface area contributed by atoms with E-state index in [0.29, 0.717) is 29.2 Å². The van der Waals surface area contributed by atoms with Gasteiger partial charge in [-0.05, 0) is 26.2 Å². The first-order valence-electron chi connectivity index (χ1n) is 7.31. The van der Waals surface area contributed by atoms with E-state index in [9.17, 15) is 9.59 Å². The summed E-state index contributed by atoms with van der Waals surface area (Å²) in [6.45, 7) is 1.09. The van der Waals surface area contributed by atoms with Gasteiger partial charge in [-0.3, -0.25) is 9.59 Å². The summed E-state index contributed by atoms with van der Waals surface area (Å²) in [5, 5.41) is 2.82. The van der Waals surface area contributed by atoms with Crippen LogP contribution >= 0.6 is 0 Å². The van der Waals surface area contributed by atoms with Crippen molar-refractivity contribution < 1.29 is 23.8 Å². The highest BCUT2D eigenvalue weighted by Gasteiger charge is 2.33. The van der Waals surface area contributed by atoms with Crippen molar-refractivity contribution in [2.75, 3.05) is 48.0 Å². The van der Waals surface area contributed by atoms with Crippen molar-refractivity contribution in [3.63, 3.8) is 0 Å². The lowest BCUT2D eigenvalue weighted by atomic mass is 9.95. The van der Waals surface area contributed by atoms with E-state index in [1.54, 1.807) is 12.1 Å². The second kappa shape index (κ2) is 7.43. The van der Waals surface area contributed by atoms with Gasteiger partial charge in [0, 0.05) is 24.2 Å². The molecule has 0 radical (unpaired) electrons. The lowest BCUT2D eigenvalue weighted by Gasteiger charge is -2.26. The summed E-state index contributed by atoms with van der Waals surface area (Å²) in [5.41, 5.74) is 0.933. The van der Waals surface area contributed by atoms with E-state index < -0.39 is 6.10 Å². The number of carbonyl (C=O) groups excluding carboxylic acids is 2. The standard InChI is InChI=1S/C16H22N2O5/c1-18(2)6-5-17-16(20)15-11-8-14(22-4)13(21-3)7-10(11)12(19)9-23-15/h7-8,15H,5-6,9H2,1-4H3,(H,17,20). The highest BCUT2D eigenvalue weighted by atomic mass is 16.5. The third-order valence-electron chi connectivity index (χ3n) is 3.62. The predicted molar refractivity (Wildman–Crippen MR) is 84.1 cm³/mol. The molecule has 1 aromatic rings. The molecular weight excluding hydrogens is 300 g/mol. The summed E-state index contributed by atoms with van der Waals surface area (Å²) in [5.74, 6) is 0.454. The van der Waals surface area contributed by atoms with Crippen LogP contribution in [0.5, 0.6) is 11.5 Å². The van der Waals surface area contributed by atoms with Crippen molar-refractivity contribution in [2.45, 2.75) is 6.10 Å². The van der Waals surface area contributed by atoms with E-state index in [1.807, 2.05) is 19.0 Å². The highest BCUT2D eigenvalue weighted by Crippen LogP contribution is 2.36. The van der Waals surface area contributed by atoms with Gasteiger partial charge >= 0.3 is 0 Å². The number of hydrogen-bond donors (Lipinski definition) is 1. The molecule has 0 aromatic heterocycles. The van der Waals surface area contributed by atoms with Crippen molar-refractivity contribution in [3.05, 3.63) is 23.3 Å². The molecule has 7 heteroatoms. The summed E-state index contributed by atoms with van der Waals surface area (Å²) in [6, 6.07) is 3.22. The van der Waals surface area contributed by atoms with Crippen molar-refractivity contribution >= 4 is 11.7 Å². The number of benzene rings is 1. The van der Waals surface area contributed by atoms with Crippen molar-refractivity contribution in [2.24, 2.45) is 0 Å². The number of Topliss-reactive ketones (excluding diaryl/α,β-unsaturated/α-hetero) is 1. The first kappa shape index (κ1) is 17.2. The van der Waals surface area contributed by atoms with Gasteiger partial charge in [0.15, 0.2) is 23.4 Å². The van der Waals surface area contributed by atoms with Crippen molar-refractivity contribution in [1.82, 2.24) is 10.2 Å². The van der Waals surface area contributed by atoms with Gasteiger partial charge in [-0.2, -0.15) is 0 Å². The summed E-state index contributed by atoms with van der Waals surface area (Å²) >= 11 is 0. The van der Waals surface area contributed by atoms with E-state index in [2.05, 4.69) is 5.32 Å². The van der Waals surface area contributed by atoms with E-state index in [4.69, 9.17) is 14.2 Å². The van der Waals surface area contributed by atoms with Gasteiger partial charge in [0.2, 0.25) is 0 Å². The Morgan fingerprint density at radius 2 is 1.96 bits per heavy atom. The Morgan fingerprint density at radius 1 is 1.30 bits per heavy atom. The van der Waals surface area contributed by atoms with Crippen LogP contribution < -0.4 is 14.8 Å². The highest BCUT2D eigenvalue weighted by molar-refractivity contribution is 6.02. The molecule has 1 amide bonds. The number of ether oxygens (including phenoxy) is 3. The molecule has 1 N–H and O–H groups in total. The zero-order valence-electron chi connectivity index (χ0n) is 13.8. The Morgan fingerprint density at radius 3 is 2.57 bits per heavy atom. The quantitative estimate of drug-likeness (QED) is 0.828. The molecule has 1 heterocycles. The minimum atomic E-state index is -0.829. The van der Waals surface area contributed by atoms with Crippen LogP contribution in [0.25, 0.3) is 0 Å². The number of rotatable bonds is 6. The third kappa shape index (κ3) is 3.80. The predicted octanol–water partition coefficient (Wildman–Crippen LogP) is 0.636. The fourth-order valence-corrected chi connectivity index (χ4v) is 2.39. The number of nitrogens with zero attached hydrogens (tertiary/aromatic N) is 1. The van der Waals surface area contributed by atoms with Crippen LogP contribution in [0.4, 0.5) is 0 Å². The average molecular weight is 322 g/mol. The van der Waals surface area contributed by atoms with Gasteiger partial charge in [0.05, 0.1) is 14.2 Å². The molecule has 0 bridgehead atoms. The van der Waals surface area contributed by atoms with Gasteiger partial charge in [-0.15, -0.1) is 0 Å². The number of likely N-dealkylation sites (N-methyl/N-ethyl adjacent to an activating group) is 1. The molecule has 0 fully saturated rings. The lowest BCUT2D eigenvalue weighted by Crippen LogP contribution is -2.38. The Balaban J connectivity index is 2.27. The van der Waals surface area contributed by atoms with Crippen LogP contribution in [0.1, 0.15) is 22.0 Å². The molecule has 0 aliphatic carbocycles. The number of methoxy groups -OCH3 is 2. The third-order valence-corrected chi connectivity index (χ3v) is 3.62. The molecule has 126 valence electrons. The normalized spacial score (nSPS) is 16.9. The lowest BCUT2D eigenvalue weighted by molar-refractivity contribution is -0.132. The Labute approximate surface area is 135 Å². The minimum absolute atomic E-state index is 0.131. The second-order valence-corrected chi connectivity index (χ2v) is 5.50. The summed E-state index contributed by atoms with van der Waals surface area (Å²) in [4.78, 5) is 26.4.